The minimum atomic E-state index is -5.13. The Balaban J connectivity index is 2.73. The number of carbonyl (C=O) groups is 1. The molecule has 282 valence electrons. The van der Waals surface area contributed by atoms with Crippen molar-refractivity contribution < 1.29 is 59.0 Å². The normalized spacial score (nSPS) is 26.5. The molecule has 0 aliphatic heterocycles. The third-order valence-corrected chi connectivity index (χ3v) is 9.53. The average molecular weight is 710 g/mol. The lowest BCUT2D eigenvalue weighted by Gasteiger charge is -2.41. The van der Waals surface area contributed by atoms with Crippen LogP contribution in [0.3, 0.4) is 0 Å². The van der Waals surface area contributed by atoms with E-state index >= 15 is 0 Å². The first-order valence-electron chi connectivity index (χ1n) is 17.9. The van der Waals surface area contributed by atoms with Gasteiger partial charge in [0.05, 0.1) is 31.3 Å². The van der Waals surface area contributed by atoms with Gasteiger partial charge >= 0.3 is 7.82 Å². The standard InChI is InChI=1S/C34H64NO12P/c1-3-5-7-9-11-13-15-17-19-21-25(36)23-28(38)35-26(27(37)22-20-18-16-14-12-10-8-6-4-2)24-46-48(44,45)47-34-32(42)30(40)29(39)31(41)33(34)43/h12,14,20,22,25-27,29-34,36-37,39-43H,3-11,13,15-19,21,23-24H2,1-2H3,(H,35,38)(H,44,45)/b14-12+,22-20+. The monoisotopic (exact) mass is 709 g/mol. The highest BCUT2D eigenvalue weighted by Gasteiger charge is 2.51. The third-order valence-electron chi connectivity index (χ3n) is 8.54. The molecule has 48 heavy (non-hydrogen) atoms. The molecule has 13 nitrogen and oxygen atoms in total. The number of amides is 1. The highest BCUT2D eigenvalue weighted by molar-refractivity contribution is 7.47. The summed E-state index contributed by atoms with van der Waals surface area (Å²) in [5, 5.41) is 73.6. The van der Waals surface area contributed by atoms with Crippen LogP contribution in [0.15, 0.2) is 24.3 Å². The van der Waals surface area contributed by atoms with E-state index in [1.807, 2.05) is 6.08 Å². The van der Waals surface area contributed by atoms with E-state index in [-0.39, 0.29) is 6.42 Å². The van der Waals surface area contributed by atoms with Crippen LogP contribution in [-0.4, -0.2) is 108 Å². The molecule has 8 unspecified atom stereocenters. The van der Waals surface area contributed by atoms with Crippen molar-refractivity contribution in [2.45, 2.75) is 178 Å². The molecule has 0 spiro atoms. The topological polar surface area (TPSA) is 226 Å². The molecular weight excluding hydrogens is 645 g/mol. The second-order valence-electron chi connectivity index (χ2n) is 12.9. The highest BCUT2D eigenvalue weighted by atomic mass is 31.2. The maximum absolute atomic E-state index is 12.8. The van der Waals surface area contributed by atoms with E-state index in [9.17, 15) is 50.0 Å². The summed E-state index contributed by atoms with van der Waals surface area (Å²) in [6.45, 7) is 3.58. The van der Waals surface area contributed by atoms with Gasteiger partial charge in [-0.05, 0) is 32.1 Å². The van der Waals surface area contributed by atoms with E-state index in [0.29, 0.717) is 12.8 Å². The van der Waals surface area contributed by atoms with Crippen LogP contribution in [0.1, 0.15) is 123 Å². The van der Waals surface area contributed by atoms with Crippen molar-refractivity contribution in [2.75, 3.05) is 6.61 Å². The van der Waals surface area contributed by atoms with E-state index in [1.54, 1.807) is 6.08 Å². The molecule has 0 aromatic heterocycles. The van der Waals surface area contributed by atoms with Crippen LogP contribution in [0.25, 0.3) is 0 Å². The number of aliphatic hydroxyl groups excluding tert-OH is 7. The van der Waals surface area contributed by atoms with Crippen LogP contribution in [0.2, 0.25) is 0 Å². The molecule has 1 rings (SSSR count). The quantitative estimate of drug-likeness (QED) is 0.0340. The van der Waals surface area contributed by atoms with Gasteiger partial charge in [-0.3, -0.25) is 13.8 Å². The Kier molecular flexibility index (Phi) is 24.0. The SMILES string of the molecule is CCCCC/C=C/CC/C=C/C(O)C(COP(=O)(O)OC1C(O)C(O)C(O)C(O)C1O)NC(=O)CC(O)CCCCCCCCCCC. The van der Waals surface area contributed by atoms with E-state index < -0.39 is 75.2 Å². The van der Waals surface area contributed by atoms with Gasteiger partial charge in [0.1, 0.15) is 36.6 Å². The van der Waals surface area contributed by atoms with E-state index in [4.69, 9.17) is 9.05 Å². The molecular formula is C34H64NO12P. The Bertz CT molecular complexity index is 937. The van der Waals surface area contributed by atoms with Crippen molar-refractivity contribution in [1.29, 1.82) is 0 Å². The van der Waals surface area contributed by atoms with Crippen LogP contribution in [0, 0.1) is 0 Å². The smallest absolute Gasteiger partial charge is 0.393 e. The summed E-state index contributed by atoms with van der Waals surface area (Å²) in [7, 11) is -5.13. The van der Waals surface area contributed by atoms with Crippen molar-refractivity contribution in [3.05, 3.63) is 24.3 Å². The lowest BCUT2D eigenvalue weighted by molar-refractivity contribution is -0.220. The fourth-order valence-electron chi connectivity index (χ4n) is 5.49. The fourth-order valence-corrected chi connectivity index (χ4v) is 6.46. The molecule has 14 heteroatoms. The van der Waals surface area contributed by atoms with Gasteiger partial charge in [-0.25, -0.2) is 4.57 Å². The molecule has 0 radical (unpaired) electrons. The molecule has 0 aromatic rings. The van der Waals surface area contributed by atoms with E-state index in [2.05, 4.69) is 25.2 Å². The van der Waals surface area contributed by atoms with Gasteiger partial charge in [0.15, 0.2) is 0 Å². The van der Waals surface area contributed by atoms with Crippen molar-refractivity contribution in [3.63, 3.8) is 0 Å². The number of allylic oxidation sites excluding steroid dienone is 3. The van der Waals surface area contributed by atoms with Crippen LogP contribution in [-0.2, 0) is 18.4 Å². The number of aliphatic hydroxyl groups is 7. The summed E-state index contributed by atoms with van der Waals surface area (Å²) in [5.41, 5.74) is 0. The lowest BCUT2D eigenvalue weighted by Crippen LogP contribution is -2.64. The molecule has 1 saturated carbocycles. The fraction of sp³-hybridized carbons (Fsp3) is 0.853. The minimum Gasteiger partial charge on any atom is -0.393 e. The van der Waals surface area contributed by atoms with Gasteiger partial charge in [0, 0.05) is 0 Å². The van der Waals surface area contributed by atoms with Gasteiger partial charge in [-0.15, -0.1) is 0 Å². The molecule has 0 saturated heterocycles. The average Bonchev–Trinajstić information content (AvgIpc) is 3.05. The number of hydrogen-bond donors (Lipinski definition) is 9. The molecule has 0 bridgehead atoms. The number of phosphoric acid groups is 1. The maximum atomic E-state index is 12.8. The first kappa shape index (κ1) is 44.8. The van der Waals surface area contributed by atoms with Crippen molar-refractivity contribution in [3.8, 4) is 0 Å². The first-order valence-corrected chi connectivity index (χ1v) is 19.4. The van der Waals surface area contributed by atoms with Crippen molar-refractivity contribution in [1.82, 2.24) is 5.32 Å². The Hall–Kier alpha value is -1.22. The van der Waals surface area contributed by atoms with Gasteiger partial charge < -0.3 is 46.0 Å². The number of unbranched alkanes of at least 4 members (excludes halogenated alkanes) is 12. The van der Waals surface area contributed by atoms with Crippen LogP contribution in [0.4, 0.5) is 0 Å². The van der Waals surface area contributed by atoms with Gasteiger partial charge in [0.2, 0.25) is 5.91 Å². The van der Waals surface area contributed by atoms with Crippen molar-refractivity contribution in [2.24, 2.45) is 0 Å². The minimum absolute atomic E-state index is 0.251. The molecule has 9 N–H and O–H groups in total. The van der Waals surface area contributed by atoms with Crippen LogP contribution >= 0.6 is 7.82 Å². The Morgan fingerprint density at radius 2 is 1.23 bits per heavy atom. The Morgan fingerprint density at radius 3 is 1.83 bits per heavy atom. The predicted molar refractivity (Wildman–Crippen MR) is 183 cm³/mol. The molecule has 1 fully saturated rings. The number of carbonyl (C=O) groups excluding carboxylic acids is 1. The Labute approximate surface area is 286 Å². The van der Waals surface area contributed by atoms with Gasteiger partial charge in [-0.1, -0.05) is 109 Å². The Morgan fingerprint density at radius 1 is 0.729 bits per heavy atom. The third kappa shape index (κ3) is 18.7. The number of nitrogens with one attached hydrogen (secondary N) is 1. The summed E-state index contributed by atoms with van der Waals surface area (Å²) in [6, 6.07) is -1.25. The molecule has 8 atom stereocenters. The van der Waals surface area contributed by atoms with Crippen LogP contribution < -0.4 is 5.32 Å². The molecule has 0 aromatic carbocycles. The second kappa shape index (κ2) is 25.7. The summed E-state index contributed by atoms with van der Waals surface area (Å²) in [4.78, 5) is 23.1. The van der Waals surface area contributed by atoms with E-state index in [1.165, 1.54) is 44.6 Å². The number of rotatable bonds is 27. The molecule has 1 aliphatic carbocycles. The lowest BCUT2D eigenvalue weighted by atomic mass is 9.85. The van der Waals surface area contributed by atoms with Crippen LogP contribution in [0.5, 0.6) is 0 Å². The molecule has 0 heterocycles. The van der Waals surface area contributed by atoms with Gasteiger partial charge in [0.25, 0.3) is 0 Å². The van der Waals surface area contributed by atoms with Gasteiger partial charge in [-0.2, -0.15) is 0 Å². The van der Waals surface area contributed by atoms with E-state index in [0.717, 1.165) is 51.4 Å². The second-order valence-corrected chi connectivity index (χ2v) is 14.3. The zero-order valence-corrected chi connectivity index (χ0v) is 29.8. The predicted octanol–water partition coefficient (Wildman–Crippen LogP) is 3.30. The number of hydrogen-bond acceptors (Lipinski definition) is 11. The highest BCUT2D eigenvalue weighted by Crippen LogP contribution is 2.47. The zero-order valence-electron chi connectivity index (χ0n) is 28.9. The summed E-state index contributed by atoms with van der Waals surface area (Å²) >= 11 is 0. The molecule has 1 aliphatic rings. The summed E-state index contributed by atoms with van der Waals surface area (Å²) in [5.74, 6) is -0.610. The largest absolute Gasteiger partial charge is 0.472 e. The van der Waals surface area contributed by atoms with Crippen molar-refractivity contribution >= 4 is 13.7 Å². The maximum Gasteiger partial charge on any atom is 0.472 e. The molecule has 1 amide bonds. The summed E-state index contributed by atoms with van der Waals surface area (Å²) in [6.07, 6.45) is 9.02. The zero-order chi connectivity index (χ0) is 36.0. The number of phosphoric ester groups is 1. The first-order chi connectivity index (χ1) is 22.8. The summed E-state index contributed by atoms with van der Waals surface area (Å²) < 4.78 is 22.6.